The van der Waals surface area contributed by atoms with E-state index in [-0.39, 0.29) is 28.6 Å². The average molecular weight is 436 g/mol. The number of piperidine rings is 1. The van der Waals surface area contributed by atoms with Crippen LogP contribution >= 0.6 is 0 Å². The minimum absolute atomic E-state index is 0.0961. The first kappa shape index (κ1) is 21.2. The Morgan fingerprint density at radius 1 is 1.06 bits per heavy atom. The molecule has 2 aliphatic carbocycles. The van der Waals surface area contributed by atoms with E-state index in [1.165, 1.54) is 24.7 Å². The van der Waals surface area contributed by atoms with Gasteiger partial charge in [0.15, 0.2) is 0 Å². The molecule has 0 bridgehead atoms. The minimum Gasteiger partial charge on any atom is -0.355 e. The molecule has 1 N–H and O–H groups in total. The molecule has 1 aromatic heterocycles. The fourth-order valence-corrected chi connectivity index (χ4v) is 5.98. The van der Waals surface area contributed by atoms with E-state index in [2.05, 4.69) is 45.7 Å². The first-order valence-electron chi connectivity index (χ1n) is 12.0. The molecule has 3 fully saturated rings. The van der Waals surface area contributed by atoms with Crippen LogP contribution in [0.4, 0.5) is 0 Å². The summed E-state index contributed by atoms with van der Waals surface area (Å²) in [5, 5.41) is 7.39. The van der Waals surface area contributed by atoms with E-state index < -0.39 is 0 Å². The highest BCUT2D eigenvalue weighted by atomic mass is 16.2. The van der Waals surface area contributed by atoms with Gasteiger partial charge in [-0.25, -0.2) is 4.98 Å². The van der Waals surface area contributed by atoms with Crippen molar-refractivity contribution in [2.75, 3.05) is 19.6 Å². The molecule has 2 amide bonds. The predicted octanol–water partition coefficient (Wildman–Crippen LogP) is 2.93. The molecule has 5 rings (SSSR count). The van der Waals surface area contributed by atoms with E-state index in [0.29, 0.717) is 13.0 Å². The third-order valence-corrected chi connectivity index (χ3v) is 8.19. The number of carbonyl (C=O) groups excluding carboxylic acids is 2. The van der Waals surface area contributed by atoms with Gasteiger partial charge in [-0.2, -0.15) is 5.10 Å². The maximum Gasteiger partial charge on any atom is 0.224 e. The van der Waals surface area contributed by atoms with Gasteiger partial charge in [0.05, 0.1) is 6.54 Å². The van der Waals surface area contributed by atoms with E-state index in [4.69, 9.17) is 0 Å². The summed E-state index contributed by atoms with van der Waals surface area (Å²) < 4.78 is 1.69. The highest BCUT2D eigenvalue weighted by Gasteiger charge is 2.58. The van der Waals surface area contributed by atoms with Crippen molar-refractivity contribution in [3.8, 4) is 0 Å². The summed E-state index contributed by atoms with van der Waals surface area (Å²) in [5.74, 6) is 0.505. The molecule has 1 saturated heterocycles. The van der Waals surface area contributed by atoms with E-state index in [1.807, 2.05) is 4.90 Å². The number of carbonyl (C=O) groups is 2. The van der Waals surface area contributed by atoms with Gasteiger partial charge in [0.25, 0.3) is 0 Å². The Bertz CT molecular complexity index is 929. The van der Waals surface area contributed by atoms with Gasteiger partial charge in [0.1, 0.15) is 12.7 Å². The molecule has 1 atom stereocenters. The standard InChI is InChI=1S/C25H33N5O2/c31-22(8-13-30-19-26-18-28-30)29-14-11-24(12-15-29)16-21(24)23(32)27-17-25(9-4-5-10-25)20-6-2-1-3-7-20/h1-3,6-7,18-19,21H,4-5,8-17H2,(H,27,32). The van der Waals surface area contributed by atoms with Crippen LogP contribution in [0.5, 0.6) is 0 Å². The number of rotatable bonds is 7. The lowest BCUT2D eigenvalue weighted by molar-refractivity contribution is -0.133. The summed E-state index contributed by atoms with van der Waals surface area (Å²) in [6, 6.07) is 10.7. The highest BCUT2D eigenvalue weighted by molar-refractivity contribution is 5.83. The average Bonchev–Trinajstić information content (AvgIpc) is 3.21. The fraction of sp³-hybridized carbons (Fsp3) is 0.600. The maximum absolute atomic E-state index is 13.1. The van der Waals surface area contributed by atoms with Crippen molar-refractivity contribution in [2.45, 2.75) is 63.3 Å². The number of aryl methyl sites for hydroxylation is 1. The molecule has 3 aliphatic rings. The number of hydrogen-bond acceptors (Lipinski definition) is 4. The van der Waals surface area contributed by atoms with Gasteiger partial charge < -0.3 is 10.2 Å². The van der Waals surface area contributed by atoms with Crippen LogP contribution in [0.15, 0.2) is 43.0 Å². The summed E-state index contributed by atoms with van der Waals surface area (Å²) in [4.78, 5) is 31.5. The normalized spacial score (nSPS) is 23.2. The van der Waals surface area contributed by atoms with E-state index in [9.17, 15) is 9.59 Å². The summed E-state index contributed by atoms with van der Waals surface area (Å²) in [7, 11) is 0. The van der Waals surface area contributed by atoms with Gasteiger partial charge in [0, 0.05) is 37.4 Å². The van der Waals surface area contributed by atoms with Crippen LogP contribution in [-0.4, -0.2) is 51.1 Å². The van der Waals surface area contributed by atoms with Gasteiger partial charge >= 0.3 is 0 Å². The van der Waals surface area contributed by atoms with Gasteiger partial charge in [-0.15, -0.1) is 0 Å². The lowest BCUT2D eigenvalue weighted by atomic mass is 9.78. The Labute approximate surface area is 189 Å². The summed E-state index contributed by atoms with van der Waals surface area (Å²) >= 11 is 0. The smallest absolute Gasteiger partial charge is 0.224 e. The molecule has 1 unspecified atom stereocenters. The third kappa shape index (κ3) is 4.17. The quantitative estimate of drug-likeness (QED) is 0.725. The first-order valence-corrected chi connectivity index (χ1v) is 12.0. The monoisotopic (exact) mass is 435 g/mol. The third-order valence-electron chi connectivity index (χ3n) is 8.19. The lowest BCUT2D eigenvalue weighted by Gasteiger charge is -2.33. The van der Waals surface area contributed by atoms with Crippen LogP contribution in [0.25, 0.3) is 0 Å². The molecular formula is C25H33N5O2. The molecule has 2 heterocycles. The largest absolute Gasteiger partial charge is 0.355 e. The Morgan fingerprint density at radius 2 is 1.81 bits per heavy atom. The summed E-state index contributed by atoms with van der Waals surface area (Å²) in [5.41, 5.74) is 1.57. The number of likely N-dealkylation sites (tertiary alicyclic amines) is 1. The molecule has 1 spiro atoms. The molecule has 7 nitrogen and oxygen atoms in total. The Kier molecular flexibility index (Phi) is 5.74. The number of nitrogens with zero attached hydrogens (tertiary/aromatic N) is 4. The second kappa shape index (κ2) is 8.68. The van der Waals surface area contributed by atoms with Gasteiger partial charge in [0.2, 0.25) is 11.8 Å². The van der Waals surface area contributed by atoms with Crippen molar-refractivity contribution >= 4 is 11.8 Å². The Morgan fingerprint density at radius 3 is 2.50 bits per heavy atom. The number of benzene rings is 1. The fourth-order valence-electron chi connectivity index (χ4n) is 5.98. The van der Waals surface area contributed by atoms with Crippen molar-refractivity contribution in [1.82, 2.24) is 25.0 Å². The van der Waals surface area contributed by atoms with Crippen molar-refractivity contribution in [3.63, 3.8) is 0 Å². The SMILES string of the molecule is O=C(NCC1(c2ccccc2)CCCC1)C1CC12CCN(C(=O)CCn1cncn1)CC2. The Balaban J connectivity index is 1.11. The van der Waals surface area contributed by atoms with Gasteiger partial charge in [-0.3, -0.25) is 14.3 Å². The van der Waals surface area contributed by atoms with Crippen molar-refractivity contribution in [2.24, 2.45) is 11.3 Å². The van der Waals surface area contributed by atoms with Crippen molar-refractivity contribution < 1.29 is 9.59 Å². The number of nitrogens with one attached hydrogen (secondary N) is 1. The number of hydrogen-bond donors (Lipinski definition) is 1. The Hall–Kier alpha value is -2.70. The molecule has 7 heteroatoms. The van der Waals surface area contributed by atoms with Crippen LogP contribution < -0.4 is 5.32 Å². The molecule has 2 saturated carbocycles. The zero-order valence-electron chi connectivity index (χ0n) is 18.7. The molecular weight excluding hydrogens is 402 g/mol. The second-order valence-corrected chi connectivity index (χ2v) is 9.98. The van der Waals surface area contributed by atoms with Crippen molar-refractivity contribution in [3.05, 3.63) is 48.5 Å². The molecule has 32 heavy (non-hydrogen) atoms. The van der Waals surface area contributed by atoms with E-state index in [1.54, 1.807) is 11.0 Å². The lowest BCUT2D eigenvalue weighted by Crippen LogP contribution is -2.42. The number of amides is 2. The molecule has 0 radical (unpaired) electrons. The maximum atomic E-state index is 13.1. The van der Waals surface area contributed by atoms with E-state index >= 15 is 0 Å². The van der Waals surface area contributed by atoms with Crippen LogP contribution in [0.2, 0.25) is 0 Å². The number of aromatic nitrogens is 3. The van der Waals surface area contributed by atoms with Gasteiger partial charge in [-0.1, -0.05) is 43.2 Å². The molecule has 1 aliphatic heterocycles. The van der Waals surface area contributed by atoms with Crippen LogP contribution in [0.3, 0.4) is 0 Å². The zero-order valence-corrected chi connectivity index (χ0v) is 18.7. The van der Waals surface area contributed by atoms with Gasteiger partial charge in [-0.05, 0) is 43.1 Å². The van der Waals surface area contributed by atoms with E-state index in [0.717, 1.165) is 51.7 Å². The summed E-state index contributed by atoms with van der Waals surface area (Å²) in [6.45, 7) is 2.83. The van der Waals surface area contributed by atoms with Crippen LogP contribution in [-0.2, 0) is 21.5 Å². The molecule has 2 aromatic rings. The van der Waals surface area contributed by atoms with Crippen molar-refractivity contribution in [1.29, 1.82) is 0 Å². The second-order valence-electron chi connectivity index (χ2n) is 9.98. The predicted molar refractivity (Wildman–Crippen MR) is 121 cm³/mol. The molecule has 1 aromatic carbocycles. The topological polar surface area (TPSA) is 80.1 Å². The van der Waals surface area contributed by atoms with Crippen LogP contribution in [0.1, 0.15) is 56.9 Å². The first-order chi connectivity index (χ1) is 15.6. The molecule has 170 valence electrons. The highest BCUT2D eigenvalue weighted by Crippen LogP contribution is 2.59. The summed E-state index contributed by atoms with van der Waals surface area (Å²) in [6.07, 6.45) is 11.2. The zero-order chi connectivity index (χ0) is 22.0. The minimum atomic E-state index is 0.0961. The van der Waals surface area contributed by atoms with Crippen LogP contribution in [0, 0.1) is 11.3 Å².